The van der Waals surface area contributed by atoms with Crippen LogP contribution in [0, 0.1) is 17.8 Å². The van der Waals surface area contributed by atoms with Crippen molar-refractivity contribution in [2.24, 2.45) is 17.8 Å². The number of aliphatic carboxylic acids is 1. The Kier molecular flexibility index (Phi) is 51.0. The second kappa shape index (κ2) is 57.0. The highest BCUT2D eigenvalue weighted by molar-refractivity contribution is 6.18. The van der Waals surface area contributed by atoms with Gasteiger partial charge in [-0.2, -0.15) is 0 Å². The fourth-order valence-corrected chi connectivity index (χ4v) is 10.5. The minimum atomic E-state index is -2.95. The maximum atomic E-state index is 15.2. The number of hydrogen-bond acceptors (Lipinski definition) is 29. The van der Waals surface area contributed by atoms with E-state index in [4.69, 9.17) is 44.8 Å². The molecule has 670 valence electrons. The number of cyclic esters (lactones) is 1. The summed E-state index contributed by atoms with van der Waals surface area (Å²) in [5.41, 5.74) is -1.92. The number of hydrogen-bond donors (Lipinski definition) is 18. The number of nitrogens with one attached hydrogen (secondary N) is 13. The number of carbonyl (C=O) groups is 18. The van der Waals surface area contributed by atoms with Crippen molar-refractivity contribution in [3.8, 4) is 0 Å². The lowest BCUT2D eigenvalue weighted by Crippen LogP contribution is -2.62. The summed E-state index contributed by atoms with van der Waals surface area (Å²) in [5, 5.41) is 83.7. The van der Waals surface area contributed by atoms with Crippen molar-refractivity contribution in [2.75, 3.05) is 52.5 Å². The van der Waals surface area contributed by atoms with Crippen LogP contribution in [0.5, 0.6) is 0 Å². The first-order valence-corrected chi connectivity index (χ1v) is 39.7. The van der Waals surface area contributed by atoms with Crippen molar-refractivity contribution in [3.05, 3.63) is 11.8 Å². The number of halogens is 1. The van der Waals surface area contributed by atoms with E-state index in [1.807, 2.05) is 10.6 Å². The topological polar surface area (TPSA) is 629 Å². The van der Waals surface area contributed by atoms with Crippen LogP contribution >= 0.6 is 11.6 Å². The lowest BCUT2D eigenvalue weighted by molar-refractivity contribution is -0.156. The Morgan fingerprint density at radius 3 is 1.42 bits per heavy atom. The number of unbranched alkanes of at least 4 members (excludes halogenated alkanes) is 9. The summed E-state index contributed by atoms with van der Waals surface area (Å²) in [5.74, 6) is -22.8. The second-order valence-electron chi connectivity index (χ2n) is 29.2. The van der Waals surface area contributed by atoms with Crippen molar-refractivity contribution in [1.29, 1.82) is 0 Å². The van der Waals surface area contributed by atoms with Gasteiger partial charge in [0.15, 0.2) is 12.1 Å². The number of carboxylic acids is 1. The van der Waals surface area contributed by atoms with Crippen LogP contribution in [0.3, 0.4) is 0 Å². The summed E-state index contributed by atoms with van der Waals surface area (Å²) < 4.78 is 34.8. The number of esters is 4. The second-order valence-corrected chi connectivity index (χ2v) is 29.5. The van der Waals surface area contributed by atoms with E-state index in [1.54, 1.807) is 20.8 Å². The molecule has 0 saturated carbocycles. The number of carbonyl (C=O) groups excluding carboxylic acids is 17. The molecule has 1 heterocycles. The molecule has 12 atom stereocenters. The Balaban J connectivity index is 4.60. The van der Waals surface area contributed by atoms with Crippen LogP contribution in [0.2, 0.25) is 0 Å². The van der Waals surface area contributed by atoms with E-state index in [1.165, 1.54) is 41.5 Å². The van der Waals surface area contributed by atoms with Gasteiger partial charge in [-0.05, 0) is 72.6 Å². The van der Waals surface area contributed by atoms with E-state index in [2.05, 4.69) is 65.4 Å². The van der Waals surface area contributed by atoms with Gasteiger partial charge >= 0.3 is 48.1 Å². The quantitative estimate of drug-likeness (QED) is 0.00855. The number of aliphatic hydroxyl groups is 4. The molecule has 1 fully saturated rings. The molecule has 1 aliphatic rings. The van der Waals surface area contributed by atoms with Gasteiger partial charge in [-0.1, -0.05) is 119 Å². The zero-order chi connectivity index (χ0) is 89.4. The van der Waals surface area contributed by atoms with Gasteiger partial charge in [-0.15, -0.1) is 11.6 Å². The van der Waals surface area contributed by atoms with Gasteiger partial charge in [0.1, 0.15) is 54.6 Å². The Morgan fingerprint density at radius 2 is 0.958 bits per heavy atom. The number of carboxylic acid groups (broad SMARTS) is 1. The molecule has 1 aliphatic heterocycles. The number of aliphatic hydroxyl groups excluding tert-OH is 4. The van der Waals surface area contributed by atoms with Crippen molar-refractivity contribution in [3.63, 3.8) is 0 Å². The monoisotopic (exact) mass is 1710 g/mol. The maximum Gasteiger partial charge on any atom is 0.410 e. The van der Waals surface area contributed by atoms with Gasteiger partial charge in [0, 0.05) is 25.2 Å². The fourth-order valence-electron chi connectivity index (χ4n) is 10.3. The summed E-state index contributed by atoms with van der Waals surface area (Å²) in [7, 11) is 0. The third kappa shape index (κ3) is 43.3. The number of alkyl carbamates (subject to hydrolysis) is 3. The largest absolute Gasteiger partial charge is 0.479 e. The summed E-state index contributed by atoms with van der Waals surface area (Å²) in [6, 6.07) is -17.7. The van der Waals surface area contributed by atoms with Crippen molar-refractivity contribution in [2.45, 2.75) is 277 Å². The lowest BCUT2D eigenvalue weighted by Gasteiger charge is -2.29. The normalized spacial score (nSPS) is 20.6. The van der Waals surface area contributed by atoms with Crippen LogP contribution in [0.4, 0.5) is 14.4 Å². The molecule has 18 N–H and O–H groups in total. The summed E-state index contributed by atoms with van der Waals surface area (Å²) in [6.45, 7) is 12.6. The van der Waals surface area contributed by atoms with Gasteiger partial charge < -0.3 is 128 Å². The summed E-state index contributed by atoms with van der Waals surface area (Å²) in [4.78, 5) is 247. The molecule has 0 radical (unpaired) electrons. The first-order chi connectivity index (χ1) is 55.5. The standard InChI is InChI=1S/C74H122ClN13O30/c1-13-16-17-18-19-20-21-22-23-26-44(90)33-52(92)79-50-36-112-70(108)55(51(91)35-75)86-65(102)56(57(94)66(103)104)87-58(95)45(14-2)80-64(101)54(43(10)89)85-61(98)48(29-32-78-73(111)118-39-115-69(107)42(8)9)82-59(96)46(27-24-25-30-76-71(109)116-37-113-67(105)40(4)5)81-62(99)49(34-53(93)88-74(11,12)15-3)84-60(97)47(83-63(50)100)28-31-77-72(110)117-38-114-68(106)41(6)7/h14,40-44,46-51,54-57,89-91,94H,13,15-39H2,1-12H3,(H,76,109)(H,77,110)(H,78,111)(H,79,92)(H,80,101)(H,81,99)(H,82,96)(H,83,100)(H,84,97)(H,85,98)(H,86,102)(H,87,95)(H,88,93)(H,103,104)/b45-14-/t43-,44+,46-,47+,48-,49-,50-,51+,54-,55-,56-,57-/m0/s1. The zero-order valence-electron chi connectivity index (χ0n) is 68.9. The Labute approximate surface area is 689 Å². The van der Waals surface area contributed by atoms with Crippen LogP contribution < -0.4 is 69.1 Å². The predicted octanol–water partition coefficient (Wildman–Crippen LogP) is -1.17. The Morgan fingerprint density at radius 1 is 0.517 bits per heavy atom. The van der Waals surface area contributed by atoms with E-state index in [-0.39, 0.29) is 32.2 Å². The van der Waals surface area contributed by atoms with Crippen molar-refractivity contribution in [1.82, 2.24) is 69.1 Å². The van der Waals surface area contributed by atoms with Crippen LogP contribution in [0.15, 0.2) is 11.8 Å². The predicted molar refractivity (Wildman–Crippen MR) is 414 cm³/mol. The molecule has 44 heteroatoms. The molecule has 118 heavy (non-hydrogen) atoms. The van der Waals surface area contributed by atoms with Gasteiger partial charge in [-0.25, -0.2) is 24.0 Å². The van der Waals surface area contributed by atoms with Crippen molar-refractivity contribution < 1.29 is 145 Å². The summed E-state index contributed by atoms with van der Waals surface area (Å²) in [6.07, 6.45) is -6.61. The Bertz CT molecular complexity index is 3360. The highest BCUT2D eigenvalue weighted by atomic mass is 35.5. The number of allylic oxidation sites excluding steroid dienone is 1. The number of rotatable bonds is 42. The molecule has 0 aliphatic carbocycles. The first-order valence-electron chi connectivity index (χ1n) is 39.1. The molecule has 0 aromatic rings. The van der Waals surface area contributed by atoms with Crippen LogP contribution in [0.1, 0.15) is 199 Å². The van der Waals surface area contributed by atoms with E-state index in [0.717, 1.165) is 64.9 Å². The smallest absolute Gasteiger partial charge is 0.410 e. The number of alkyl halides is 1. The molecule has 0 bridgehead atoms. The molecular formula is C74H122ClN13O30. The molecule has 43 nitrogen and oxygen atoms in total. The van der Waals surface area contributed by atoms with E-state index < -0.39 is 287 Å². The third-order valence-electron chi connectivity index (χ3n) is 17.7. The molecule has 13 amide bonds. The average Bonchev–Trinajstić information content (AvgIpc) is 0.843. The molecule has 0 unspecified atom stereocenters. The molecule has 0 spiro atoms. The highest BCUT2D eigenvalue weighted by Crippen LogP contribution is 2.16. The number of amides is 13. The fraction of sp³-hybridized carbons (Fsp3) is 0.730. The van der Waals surface area contributed by atoms with Crippen LogP contribution in [-0.4, -0.2) is 264 Å². The zero-order valence-corrected chi connectivity index (χ0v) is 69.7. The minimum absolute atomic E-state index is 0.0639. The molecule has 1 saturated heterocycles. The third-order valence-corrected chi connectivity index (χ3v) is 18.0. The maximum absolute atomic E-state index is 15.2. The van der Waals surface area contributed by atoms with E-state index in [9.17, 15) is 97.5 Å². The first kappa shape index (κ1) is 106. The van der Waals surface area contributed by atoms with E-state index in [0.29, 0.717) is 12.8 Å². The lowest BCUT2D eigenvalue weighted by atomic mass is 10.0. The van der Waals surface area contributed by atoms with Gasteiger partial charge in [0.25, 0.3) is 5.91 Å². The average molecular weight is 1710 g/mol. The molecular weight excluding hydrogens is 1590 g/mol. The summed E-state index contributed by atoms with van der Waals surface area (Å²) >= 11 is 5.97. The Hall–Kier alpha value is -10.3. The SMILES string of the molecule is C/C=C1\NC(=O)[C@H]([C@H](C)O)NC(=O)[C@H](CCNC(=O)OCOC(=O)C(C)C)NC(=O)[C@H](CCCCNC(=O)OCOC(=O)C(C)C)NC(=O)[C@H](CC(=O)NC(C)(C)CC)NC(=O)[C@@H](CCNC(=O)OCOC(=O)C(C)C)NC(=O)[C@@H](NC(=O)C[C@H](O)CCCCCCCCCCC)COC(=O)[C@H]([C@H](O)CCl)NC(=O)[C@H]([C@H](O)C(=O)O)NC1=O. The molecule has 0 aromatic heterocycles. The molecule has 0 aromatic carbocycles. The van der Waals surface area contributed by atoms with Gasteiger partial charge in [0.2, 0.25) is 73.5 Å². The van der Waals surface area contributed by atoms with Gasteiger partial charge in [0.05, 0.1) is 54.8 Å². The minimum Gasteiger partial charge on any atom is -0.479 e. The number of ether oxygens (including phenoxy) is 7. The van der Waals surface area contributed by atoms with Crippen LogP contribution in [-0.2, 0) is 105 Å². The van der Waals surface area contributed by atoms with Crippen LogP contribution in [0.25, 0.3) is 0 Å². The van der Waals surface area contributed by atoms with Crippen molar-refractivity contribution >= 4 is 119 Å². The highest BCUT2D eigenvalue weighted by Gasteiger charge is 2.42. The molecule has 1 rings (SSSR count). The van der Waals surface area contributed by atoms with E-state index >= 15 is 14.4 Å². The van der Waals surface area contributed by atoms with Gasteiger partial charge in [-0.3, -0.25) is 62.3 Å².